The number of esters is 1. The first-order chi connectivity index (χ1) is 33.6. The van der Waals surface area contributed by atoms with E-state index in [4.69, 9.17) is 28.4 Å². The van der Waals surface area contributed by atoms with E-state index < -0.39 is 86.7 Å². The maximum Gasteiger partial charge on any atom is 0.310 e. The second-order valence-corrected chi connectivity index (χ2v) is 18.7. The fourth-order valence-corrected chi connectivity index (χ4v) is 8.24. The van der Waals surface area contributed by atoms with Crippen LogP contribution in [0.3, 0.4) is 0 Å². The number of aliphatic hydroxyl groups excluding tert-OH is 7. The summed E-state index contributed by atoms with van der Waals surface area (Å²) in [4.78, 5) is 13.0. The molecule has 0 bridgehead atoms. The van der Waals surface area contributed by atoms with Gasteiger partial charge in [0.2, 0.25) is 0 Å². The van der Waals surface area contributed by atoms with Gasteiger partial charge in [0.15, 0.2) is 12.6 Å². The highest BCUT2D eigenvalue weighted by molar-refractivity contribution is 5.71. The first-order valence-electron chi connectivity index (χ1n) is 26.9. The Morgan fingerprint density at radius 3 is 1.35 bits per heavy atom. The van der Waals surface area contributed by atoms with Crippen LogP contribution in [0, 0.1) is 0 Å². The molecule has 0 aromatic carbocycles. The second kappa shape index (κ2) is 42.2. The van der Waals surface area contributed by atoms with Crippen molar-refractivity contribution >= 4 is 5.97 Å². The van der Waals surface area contributed by atoms with Crippen molar-refractivity contribution in [1.29, 1.82) is 0 Å². The van der Waals surface area contributed by atoms with Crippen molar-refractivity contribution < 1.29 is 69.0 Å². The van der Waals surface area contributed by atoms with Crippen LogP contribution in [0.15, 0.2) is 60.8 Å². The topological polar surface area (TPSA) is 214 Å². The van der Waals surface area contributed by atoms with Crippen molar-refractivity contribution in [2.75, 3.05) is 33.0 Å². The van der Waals surface area contributed by atoms with E-state index in [2.05, 4.69) is 56.4 Å². The van der Waals surface area contributed by atoms with Gasteiger partial charge in [-0.05, 0) is 38.5 Å². The van der Waals surface area contributed by atoms with Crippen LogP contribution in [0.25, 0.3) is 0 Å². The highest BCUT2D eigenvalue weighted by Gasteiger charge is 2.47. The Hall–Kier alpha value is -2.31. The second-order valence-electron chi connectivity index (χ2n) is 18.7. The zero-order valence-electron chi connectivity index (χ0n) is 42.5. The lowest BCUT2D eigenvalue weighted by Gasteiger charge is -2.42. The lowest BCUT2D eigenvalue weighted by atomic mass is 9.98. The van der Waals surface area contributed by atoms with Crippen LogP contribution in [0.2, 0.25) is 0 Å². The SMILES string of the molecule is CC/C=C\C/C=C\C/C=C\C/C=C\C/C=C\CC(=O)OC(COCCCCCCCCCCCCCCCCCCCCCC)COC1OC(COC2OC(CO)C(O)C(O)C2O)C(O)C(O)C1O. The van der Waals surface area contributed by atoms with Gasteiger partial charge in [-0.25, -0.2) is 0 Å². The molecule has 14 heteroatoms. The van der Waals surface area contributed by atoms with E-state index in [1.807, 2.05) is 12.2 Å². The number of aliphatic hydroxyl groups is 7. The average molecular weight is 981 g/mol. The standard InChI is InChI=1S/C55H96O14/c1-3-5-7-9-11-13-15-17-19-20-21-22-23-25-27-29-31-33-35-37-39-64-41-44(67-47(57)38-36-34-32-30-28-26-24-18-16-14-12-10-8-6-4-2)42-65-54-53(63)51(61)49(59)46(69-54)43-66-55-52(62)50(60)48(58)45(40-56)68-55/h6,8,12,14,18,24,28,30,34,36,44-46,48-56,58-63H,3-5,7,9-11,13,15-17,19-23,25-27,29,31-33,35,37-43H2,1-2H3/b8-6-,14-12-,24-18-,30-28-,36-34-. The van der Waals surface area contributed by atoms with Crippen LogP contribution in [0.4, 0.5) is 0 Å². The Balaban J connectivity index is 1.77. The molecule has 0 amide bonds. The van der Waals surface area contributed by atoms with Gasteiger partial charge < -0.3 is 64.2 Å². The van der Waals surface area contributed by atoms with Gasteiger partial charge in [0.05, 0.1) is 32.8 Å². The first-order valence-corrected chi connectivity index (χ1v) is 26.9. The van der Waals surface area contributed by atoms with Crippen molar-refractivity contribution in [2.24, 2.45) is 0 Å². The summed E-state index contributed by atoms with van der Waals surface area (Å²) in [6.07, 6.45) is 34.6. The molecule has 69 heavy (non-hydrogen) atoms. The lowest BCUT2D eigenvalue weighted by Crippen LogP contribution is -2.61. The van der Waals surface area contributed by atoms with Crippen LogP contribution >= 0.6 is 0 Å². The normalized spacial score (nSPS) is 26.2. The van der Waals surface area contributed by atoms with Crippen LogP contribution in [0.5, 0.6) is 0 Å². The predicted molar refractivity (Wildman–Crippen MR) is 270 cm³/mol. The van der Waals surface area contributed by atoms with E-state index in [9.17, 15) is 40.5 Å². The molecule has 400 valence electrons. The third-order valence-corrected chi connectivity index (χ3v) is 12.6. The molecule has 0 saturated carbocycles. The minimum absolute atomic E-state index is 0.0220. The summed E-state index contributed by atoms with van der Waals surface area (Å²) in [5.41, 5.74) is 0. The summed E-state index contributed by atoms with van der Waals surface area (Å²) >= 11 is 0. The summed E-state index contributed by atoms with van der Waals surface area (Å²) in [6.45, 7) is 3.46. The van der Waals surface area contributed by atoms with Gasteiger partial charge in [-0.2, -0.15) is 0 Å². The Labute approximate surface area is 415 Å². The van der Waals surface area contributed by atoms with Crippen molar-refractivity contribution in [1.82, 2.24) is 0 Å². The minimum Gasteiger partial charge on any atom is -0.457 e. The molecule has 0 aromatic heterocycles. The van der Waals surface area contributed by atoms with Crippen molar-refractivity contribution in [3.63, 3.8) is 0 Å². The van der Waals surface area contributed by atoms with E-state index in [1.165, 1.54) is 109 Å². The zero-order chi connectivity index (χ0) is 50.2. The van der Waals surface area contributed by atoms with Gasteiger partial charge in [0.1, 0.15) is 54.9 Å². The monoisotopic (exact) mass is 981 g/mol. The highest BCUT2D eigenvalue weighted by Crippen LogP contribution is 2.26. The molecule has 2 aliphatic rings. The molecule has 0 radical (unpaired) electrons. The molecule has 0 aromatic rings. The number of unbranched alkanes of at least 4 members (excludes halogenated alkanes) is 19. The number of ether oxygens (including phenoxy) is 6. The summed E-state index contributed by atoms with van der Waals surface area (Å²) in [7, 11) is 0. The Morgan fingerprint density at radius 2 is 0.884 bits per heavy atom. The molecular weight excluding hydrogens is 885 g/mol. The van der Waals surface area contributed by atoms with Crippen LogP contribution in [0.1, 0.15) is 181 Å². The van der Waals surface area contributed by atoms with E-state index >= 15 is 0 Å². The van der Waals surface area contributed by atoms with Gasteiger partial charge in [-0.1, -0.05) is 197 Å². The fraction of sp³-hybridized carbons (Fsp3) is 0.800. The molecule has 11 unspecified atom stereocenters. The molecular formula is C55H96O14. The molecule has 2 rings (SSSR count). The Kier molecular flexibility index (Phi) is 38.4. The summed E-state index contributed by atoms with van der Waals surface area (Å²) in [6, 6.07) is 0. The number of carbonyl (C=O) groups is 1. The Morgan fingerprint density at radius 1 is 0.478 bits per heavy atom. The quantitative estimate of drug-likeness (QED) is 0.0174. The molecule has 14 nitrogen and oxygen atoms in total. The van der Waals surface area contributed by atoms with Gasteiger partial charge in [-0.15, -0.1) is 0 Å². The maximum atomic E-state index is 13.0. The number of rotatable bonds is 42. The molecule has 7 N–H and O–H groups in total. The predicted octanol–water partition coefficient (Wildman–Crippen LogP) is 8.52. The number of allylic oxidation sites excluding steroid dienone is 9. The van der Waals surface area contributed by atoms with Gasteiger partial charge >= 0.3 is 5.97 Å². The van der Waals surface area contributed by atoms with Crippen LogP contribution in [-0.2, 0) is 33.2 Å². The minimum atomic E-state index is -1.72. The molecule has 2 aliphatic heterocycles. The third kappa shape index (κ3) is 29.7. The number of carbonyl (C=O) groups excluding carboxylic acids is 1. The van der Waals surface area contributed by atoms with Crippen molar-refractivity contribution in [3.8, 4) is 0 Å². The zero-order valence-corrected chi connectivity index (χ0v) is 42.5. The Bertz CT molecular complexity index is 1370. The van der Waals surface area contributed by atoms with Crippen LogP contribution in [-0.4, -0.2) is 142 Å². The molecule has 11 atom stereocenters. The maximum absolute atomic E-state index is 13.0. The first kappa shape index (κ1) is 62.8. The number of hydrogen-bond acceptors (Lipinski definition) is 14. The van der Waals surface area contributed by atoms with E-state index in [0.29, 0.717) is 13.0 Å². The van der Waals surface area contributed by atoms with Crippen molar-refractivity contribution in [3.05, 3.63) is 60.8 Å². The molecule has 0 spiro atoms. The summed E-state index contributed by atoms with van der Waals surface area (Å²) < 4.78 is 34.2. The lowest BCUT2D eigenvalue weighted by molar-refractivity contribution is -0.332. The molecule has 2 fully saturated rings. The smallest absolute Gasteiger partial charge is 0.310 e. The highest BCUT2D eigenvalue weighted by atomic mass is 16.7. The third-order valence-electron chi connectivity index (χ3n) is 12.6. The fourth-order valence-electron chi connectivity index (χ4n) is 8.24. The van der Waals surface area contributed by atoms with Crippen LogP contribution < -0.4 is 0 Å². The van der Waals surface area contributed by atoms with Gasteiger partial charge in [0.25, 0.3) is 0 Å². The van der Waals surface area contributed by atoms with Gasteiger partial charge in [0, 0.05) is 6.61 Å². The van der Waals surface area contributed by atoms with E-state index in [-0.39, 0.29) is 19.6 Å². The molecule has 0 aliphatic carbocycles. The van der Waals surface area contributed by atoms with E-state index in [1.54, 1.807) is 6.08 Å². The molecule has 2 heterocycles. The average Bonchev–Trinajstić information content (AvgIpc) is 3.35. The van der Waals surface area contributed by atoms with E-state index in [0.717, 1.165) is 44.9 Å². The summed E-state index contributed by atoms with van der Waals surface area (Å²) in [5.74, 6) is -0.501. The largest absolute Gasteiger partial charge is 0.457 e. The summed E-state index contributed by atoms with van der Waals surface area (Å²) in [5, 5.41) is 72.2. The van der Waals surface area contributed by atoms with Gasteiger partial charge in [-0.3, -0.25) is 4.79 Å². The number of hydrogen-bond donors (Lipinski definition) is 7. The molecule has 2 saturated heterocycles. The van der Waals surface area contributed by atoms with Crippen molar-refractivity contribution in [2.45, 2.75) is 248 Å².